The van der Waals surface area contributed by atoms with Crippen LogP contribution >= 0.6 is 0 Å². The van der Waals surface area contributed by atoms with E-state index in [1.807, 2.05) is 23.1 Å². The fourth-order valence-electron chi connectivity index (χ4n) is 3.60. The van der Waals surface area contributed by atoms with Gasteiger partial charge in [0.15, 0.2) is 0 Å². The van der Waals surface area contributed by atoms with E-state index in [0.717, 1.165) is 18.6 Å². The number of likely N-dealkylation sites (tertiary alicyclic amines) is 1. The number of carbonyl (C=O) groups is 1. The first-order valence-corrected chi connectivity index (χ1v) is 8.82. The van der Waals surface area contributed by atoms with Crippen LogP contribution in [0.1, 0.15) is 23.2 Å². The van der Waals surface area contributed by atoms with Gasteiger partial charge in [0, 0.05) is 30.7 Å². The predicted octanol–water partition coefficient (Wildman–Crippen LogP) is 2.54. The Morgan fingerprint density at radius 2 is 2.04 bits per heavy atom. The van der Waals surface area contributed by atoms with Crippen LogP contribution in [0.4, 0.5) is 0 Å². The maximum absolute atomic E-state index is 12.6. The van der Waals surface area contributed by atoms with Crippen LogP contribution in [0.15, 0.2) is 48.7 Å². The highest BCUT2D eigenvalue weighted by Gasteiger charge is 2.50. The highest BCUT2D eigenvalue weighted by atomic mass is 16.5. The van der Waals surface area contributed by atoms with Gasteiger partial charge in [0.1, 0.15) is 17.5 Å². The van der Waals surface area contributed by atoms with Crippen LogP contribution in [-0.2, 0) is 4.74 Å². The SMILES string of the molecule is COc1ccc(C(=O)N2CC3(CC(Oc4ccccn4)CCO3)C2)cc1. The molecule has 6 nitrogen and oxygen atoms in total. The van der Waals surface area contributed by atoms with Crippen molar-refractivity contribution in [1.29, 1.82) is 0 Å². The first-order chi connectivity index (χ1) is 12.7. The van der Waals surface area contributed by atoms with E-state index in [2.05, 4.69) is 4.98 Å². The van der Waals surface area contributed by atoms with Crippen LogP contribution < -0.4 is 9.47 Å². The molecule has 3 heterocycles. The van der Waals surface area contributed by atoms with Gasteiger partial charge in [-0.3, -0.25) is 4.79 Å². The van der Waals surface area contributed by atoms with E-state index in [0.29, 0.717) is 31.1 Å². The number of pyridine rings is 1. The van der Waals surface area contributed by atoms with E-state index in [9.17, 15) is 4.79 Å². The van der Waals surface area contributed by atoms with Gasteiger partial charge in [0.05, 0.1) is 26.8 Å². The van der Waals surface area contributed by atoms with Crippen LogP contribution in [-0.4, -0.2) is 54.3 Å². The molecule has 0 aliphatic carbocycles. The number of hydrogen-bond acceptors (Lipinski definition) is 5. The van der Waals surface area contributed by atoms with Crippen LogP contribution in [0.3, 0.4) is 0 Å². The standard InChI is InChI=1S/C20H22N2O4/c1-24-16-7-5-15(6-8-16)19(23)22-13-20(14-22)12-17(9-11-25-20)26-18-4-2-3-10-21-18/h2-8,10,17H,9,11-14H2,1H3. The molecule has 26 heavy (non-hydrogen) atoms. The summed E-state index contributed by atoms with van der Waals surface area (Å²) in [7, 11) is 1.61. The molecule has 6 heteroatoms. The highest BCUT2D eigenvalue weighted by molar-refractivity contribution is 5.95. The van der Waals surface area contributed by atoms with Crippen molar-refractivity contribution >= 4 is 5.91 Å². The number of benzene rings is 1. The Kier molecular flexibility index (Phi) is 4.51. The molecule has 1 unspecified atom stereocenters. The highest BCUT2D eigenvalue weighted by Crippen LogP contribution is 2.36. The van der Waals surface area contributed by atoms with Crippen LogP contribution in [0.5, 0.6) is 11.6 Å². The minimum atomic E-state index is -0.292. The fourth-order valence-corrected chi connectivity index (χ4v) is 3.60. The molecule has 2 saturated heterocycles. The van der Waals surface area contributed by atoms with E-state index in [1.165, 1.54) is 0 Å². The topological polar surface area (TPSA) is 60.9 Å². The molecular weight excluding hydrogens is 332 g/mol. The Hall–Kier alpha value is -2.60. The van der Waals surface area contributed by atoms with E-state index >= 15 is 0 Å². The van der Waals surface area contributed by atoms with Crippen molar-refractivity contribution in [2.24, 2.45) is 0 Å². The van der Waals surface area contributed by atoms with Crippen LogP contribution in [0.2, 0.25) is 0 Å². The minimum absolute atomic E-state index is 0.0228. The summed E-state index contributed by atoms with van der Waals surface area (Å²) in [6.07, 6.45) is 3.40. The maximum atomic E-state index is 12.6. The number of aromatic nitrogens is 1. The van der Waals surface area contributed by atoms with Gasteiger partial charge in [0.25, 0.3) is 5.91 Å². The molecule has 2 aliphatic rings. The van der Waals surface area contributed by atoms with E-state index in [-0.39, 0.29) is 17.6 Å². The Balaban J connectivity index is 1.35. The molecule has 1 spiro atoms. The van der Waals surface area contributed by atoms with Gasteiger partial charge in [-0.05, 0) is 30.3 Å². The van der Waals surface area contributed by atoms with Crippen molar-refractivity contribution < 1.29 is 19.0 Å². The summed E-state index contributed by atoms with van der Waals surface area (Å²) in [6, 6.07) is 12.8. The summed E-state index contributed by atoms with van der Waals surface area (Å²) in [5.41, 5.74) is 0.373. The van der Waals surface area contributed by atoms with Crippen molar-refractivity contribution in [1.82, 2.24) is 9.88 Å². The molecule has 1 amide bonds. The first kappa shape index (κ1) is 16.8. The fraction of sp³-hybridized carbons (Fsp3) is 0.400. The van der Waals surface area contributed by atoms with Gasteiger partial charge in [0.2, 0.25) is 5.88 Å². The second-order valence-electron chi connectivity index (χ2n) is 6.82. The molecule has 136 valence electrons. The Bertz CT molecular complexity index is 757. The molecule has 1 atom stereocenters. The van der Waals surface area contributed by atoms with Crippen molar-refractivity contribution in [3.63, 3.8) is 0 Å². The number of nitrogens with zero attached hydrogens (tertiary/aromatic N) is 2. The predicted molar refractivity (Wildman–Crippen MR) is 95.5 cm³/mol. The number of amides is 1. The Labute approximate surface area is 152 Å². The summed E-state index contributed by atoms with van der Waals surface area (Å²) < 4.78 is 17.1. The normalized spacial score (nSPS) is 21.1. The average molecular weight is 354 g/mol. The number of hydrogen-bond donors (Lipinski definition) is 0. The van der Waals surface area contributed by atoms with Gasteiger partial charge in [-0.25, -0.2) is 4.98 Å². The lowest BCUT2D eigenvalue weighted by Gasteiger charge is -2.52. The average Bonchev–Trinajstić information content (AvgIpc) is 2.66. The van der Waals surface area contributed by atoms with Crippen molar-refractivity contribution in [2.75, 3.05) is 26.8 Å². The van der Waals surface area contributed by atoms with Gasteiger partial charge in [-0.15, -0.1) is 0 Å². The third kappa shape index (κ3) is 3.37. The number of carbonyl (C=O) groups excluding carboxylic acids is 1. The van der Waals surface area contributed by atoms with E-state index < -0.39 is 0 Å². The molecular formula is C20H22N2O4. The molecule has 0 bridgehead atoms. The van der Waals surface area contributed by atoms with Crippen molar-refractivity contribution in [3.8, 4) is 11.6 Å². The summed E-state index contributed by atoms with van der Waals surface area (Å²) in [5.74, 6) is 1.40. The summed E-state index contributed by atoms with van der Waals surface area (Å²) >= 11 is 0. The van der Waals surface area contributed by atoms with Gasteiger partial charge < -0.3 is 19.1 Å². The number of methoxy groups -OCH3 is 1. The van der Waals surface area contributed by atoms with Crippen molar-refractivity contribution in [3.05, 3.63) is 54.2 Å². The molecule has 0 N–H and O–H groups in total. The van der Waals surface area contributed by atoms with E-state index in [1.54, 1.807) is 37.6 Å². The van der Waals surface area contributed by atoms with Crippen LogP contribution in [0.25, 0.3) is 0 Å². The lowest BCUT2D eigenvalue weighted by Crippen LogP contribution is -2.67. The number of ether oxygens (including phenoxy) is 3. The zero-order chi connectivity index (χ0) is 18.0. The Morgan fingerprint density at radius 3 is 2.73 bits per heavy atom. The van der Waals surface area contributed by atoms with Crippen molar-refractivity contribution in [2.45, 2.75) is 24.5 Å². The molecule has 2 fully saturated rings. The lowest BCUT2D eigenvalue weighted by molar-refractivity contribution is -0.174. The number of rotatable bonds is 4. The zero-order valence-electron chi connectivity index (χ0n) is 14.8. The van der Waals surface area contributed by atoms with E-state index in [4.69, 9.17) is 14.2 Å². The quantitative estimate of drug-likeness (QED) is 0.844. The monoisotopic (exact) mass is 354 g/mol. The van der Waals surface area contributed by atoms with Crippen LogP contribution in [0, 0.1) is 0 Å². The summed E-state index contributed by atoms with van der Waals surface area (Å²) in [5, 5.41) is 0. The molecule has 1 aromatic heterocycles. The first-order valence-electron chi connectivity index (χ1n) is 8.82. The summed E-state index contributed by atoms with van der Waals surface area (Å²) in [6.45, 7) is 1.84. The third-order valence-electron chi connectivity index (χ3n) is 4.96. The third-order valence-corrected chi connectivity index (χ3v) is 4.96. The summed E-state index contributed by atoms with van der Waals surface area (Å²) in [4.78, 5) is 18.7. The van der Waals surface area contributed by atoms with Gasteiger partial charge in [-0.2, -0.15) is 0 Å². The zero-order valence-corrected chi connectivity index (χ0v) is 14.8. The lowest BCUT2D eigenvalue weighted by atomic mass is 9.84. The molecule has 0 saturated carbocycles. The Morgan fingerprint density at radius 1 is 1.23 bits per heavy atom. The van der Waals surface area contributed by atoms with Gasteiger partial charge in [-0.1, -0.05) is 6.07 Å². The molecule has 2 aromatic rings. The smallest absolute Gasteiger partial charge is 0.254 e. The second-order valence-corrected chi connectivity index (χ2v) is 6.82. The maximum Gasteiger partial charge on any atom is 0.254 e. The molecule has 0 radical (unpaired) electrons. The molecule has 4 rings (SSSR count). The second kappa shape index (κ2) is 6.96. The molecule has 2 aliphatic heterocycles. The van der Waals surface area contributed by atoms with Gasteiger partial charge >= 0.3 is 0 Å². The molecule has 1 aromatic carbocycles. The largest absolute Gasteiger partial charge is 0.497 e. The minimum Gasteiger partial charge on any atom is -0.497 e.